The molecule has 4 heteroatoms. The average Bonchev–Trinajstić information content (AvgIpc) is 2.53. The smallest absolute Gasteiger partial charge is 0.142 e. The van der Waals surface area contributed by atoms with E-state index in [1.807, 2.05) is 30.1 Å². The van der Waals surface area contributed by atoms with Crippen molar-refractivity contribution in [1.82, 2.24) is 10.3 Å². The minimum Gasteiger partial charge on any atom is -0.495 e. The van der Waals surface area contributed by atoms with Crippen LogP contribution in [-0.4, -0.2) is 24.4 Å². The molecule has 2 rings (SSSR count). The summed E-state index contributed by atoms with van der Waals surface area (Å²) in [6.45, 7) is 5.12. The van der Waals surface area contributed by atoms with Crippen LogP contribution in [-0.2, 0) is 0 Å². The maximum atomic E-state index is 5.43. The zero-order valence-corrected chi connectivity index (χ0v) is 13.6. The number of aromatic nitrogens is 1. The predicted octanol–water partition coefficient (Wildman–Crippen LogP) is 3.84. The second-order valence-electron chi connectivity index (χ2n) is 4.83. The Kier molecular flexibility index (Phi) is 6.08. The maximum Gasteiger partial charge on any atom is 0.142 e. The summed E-state index contributed by atoms with van der Waals surface area (Å²) >= 11 is 1.83. The lowest BCUT2D eigenvalue weighted by molar-refractivity contribution is 0.398. The van der Waals surface area contributed by atoms with Gasteiger partial charge >= 0.3 is 0 Å². The summed E-state index contributed by atoms with van der Waals surface area (Å²) in [7, 11) is 1.69. The van der Waals surface area contributed by atoms with E-state index in [1.165, 1.54) is 10.5 Å². The van der Waals surface area contributed by atoms with E-state index in [4.69, 9.17) is 4.74 Å². The van der Waals surface area contributed by atoms with E-state index in [9.17, 15) is 0 Å². The van der Waals surface area contributed by atoms with Crippen molar-refractivity contribution in [2.24, 2.45) is 0 Å². The monoisotopic (exact) mass is 302 g/mol. The highest BCUT2D eigenvalue weighted by Gasteiger charge is 2.16. The maximum absolute atomic E-state index is 5.43. The van der Waals surface area contributed by atoms with Crippen molar-refractivity contribution >= 4 is 11.8 Å². The Morgan fingerprint density at radius 1 is 1.24 bits per heavy atom. The van der Waals surface area contributed by atoms with Crippen molar-refractivity contribution in [1.29, 1.82) is 0 Å². The quantitative estimate of drug-likeness (QED) is 0.788. The Hall–Kier alpha value is -1.52. The summed E-state index contributed by atoms with van der Waals surface area (Å²) in [6.07, 6.45) is 1.82. The van der Waals surface area contributed by atoms with Gasteiger partial charge in [0.1, 0.15) is 5.75 Å². The van der Waals surface area contributed by atoms with Crippen molar-refractivity contribution in [3.8, 4) is 5.75 Å². The SMILES string of the molecule is CCNC(CSc1ccc(C)cc1)c1ncccc1OC. The van der Waals surface area contributed by atoms with Crippen LogP contribution in [0.3, 0.4) is 0 Å². The van der Waals surface area contributed by atoms with Crippen LogP contribution in [0.2, 0.25) is 0 Å². The molecule has 0 aliphatic rings. The van der Waals surface area contributed by atoms with Crippen LogP contribution in [0, 0.1) is 6.92 Å². The highest BCUT2D eigenvalue weighted by molar-refractivity contribution is 7.99. The molecule has 1 unspecified atom stereocenters. The van der Waals surface area contributed by atoms with Crippen LogP contribution in [0.15, 0.2) is 47.5 Å². The zero-order chi connectivity index (χ0) is 15.1. The van der Waals surface area contributed by atoms with Crippen molar-refractivity contribution in [2.45, 2.75) is 24.8 Å². The van der Waals surface area contributed by atoms with Gasteiger partial charge in [0.15, 0.2) is 0 Å². The Morgan fingerprint density at radius 2 is 2.00 bits per heavy atom. The molecule has 3 nitrogen and oxygen atoms in total. The molecule has 0 radical (unpaired) electrons. The van der Waals surface area contributed by atoms with Crippen LogP contribution in [0.5, 0.6) is 5.75 Å². The summed E-state index contributed by atoms with van der Waals surface area (Å²) < 4.78 is 5.43. The third-order valence-electron chi connectivity index (χ3n) is 3.24. The number of aryl methyl sites for hydroxylation is 1. The van der Waals surface area contributed by atoms with Gasteiger partial charge in [-0.25, -0.2) is 0 Å². The van der Waals surface area contributed by atoms with Crippen LogP contribution in [0.25, 0.3) is 0 Å². The van der Waals surface area contributed by atoms with Crippen LogP contribution in [0.1, 0.15) is 24.2 Å². The second-order valence-corrected chi connectivity index (χ2v) is 5.92. The summed E-state index contributed by atoms with van der Waals surface area (Å²) in [5.41, 5.74) is 2.26. The summed E-state index contributed by atoms with van der Waals surface area (Å²) in [5, 5.41) is 3.49. The summed E-state index contributed by atoms with van der Waals surface area (Å²) in [5.74, 6) is 1.76. The van der Waals surface area contributed by atoms with Gasteiger partial charge in [0.05, 0.1) is 18.8 Å². The molecule has 1 N–H and O–H groups in total. The lowest BCUT2D eigenvalue weighted by Gasteiger charge is -2.19. The minimum atomic E-state index is 0.178. The third kappa shape index (κ3) is 4.48. The molecule has 0 fully saturated rings. The van der Waals surface area contributed by atoms with Gasteiger partial charge in [-0.2, -0.15) is 0 Å². The average molecular weight is 302 g/mol. The number of pyridine rings is 1. The van der Waals surface area contributed by atoms with Crippen molar-refractivity contribution in [2.75, 3.05) is 19.4 Å². The Bertz CT molecular complexity index is 557. The number of methoxy groups -OCH3 is 1. The van der Waals surface area contributed by atoms with E-state index >= 15 is 0 Å². The van der Waals surface area contributed by atoms with E-state index < -0.39 is 0 Å². The van der Waals surface area contributed by atoms with Crippen molar-refractivity contribution in [3.05, 3.63) is 53.9 Å². The first-order chi connectivity index (χ1) is 10.2. The fraction of sp³-hybridized carbons (Fsp3) is 0.353. The molecule has 0 aliphatic heterocycles. The van der Waals surface area contributed by atoms with E-state index in [-0.39, 0.29) is 6.04 Å². The van der Waals surface area contributed by atoms with Crippen LogP contribution in [0.4, 0.5) is 0 Å². The van der Waals surface area contributed by atoms with Crippen molar-refractivity contribution < 1.29 is 4.74 Å². The lowest BCUT2D eigenvalue weighted by atomic mass is 10.2. The van der Waals surface area contributed by atoms with Gasteiger partial charge in [0.2, 0.25) is 0 Å². The molecule has 0 bridgehead atoms. The fourth-order valence-electron chi connectivity index (χ4n) is 2.13. The van der Waals surface area contributed by atoms with E-state index in [0.29, 0.717) is 0 Å². The van der Waals surface area contributed by atoms with E-state index in [0.717, 1.165) is 23.7 Å². The number of benzene rings is 1. The number of rotatable bonds is 7. The largest absolute Gasteiger partial charge is 0.495 e. The molecular formula is C17H22N2OS. The molecule has 0 saturated heterocycles. The Morgan fingerprint density at radius 3 is 2.67 bits per heavy atom. The van der Waals surface area contributed by atoms with Gasteiger partial charge in [-0.3, -0.25) is 4.98 Å². The van der Waals surface area contributed by atoms with Crippen LogP contribution < -0.4 is 10.1 Å². The summed E-state index contributed by atoms with van der Waals surface area (Å²) in [4.78, 5) is 5.77. The molecule has 0 aliphatic carbocycles. The Labute approximate surface area is 131 Å². The van der Waals surface area contributed by atoms with Gasteiger partial charge < -0.3 is 10.1 Å². The fourth-order valence-corrected chi connectivity index (χ4v) is 3.10. The molecule has 1 aromatic heterocycles. The van der Waals surface area contributed by atoms with Crippen LogP contribution >= 0.6 is 11.8 Å². The molecule has 2 aromatic rings. The van der Waals surface area contributed by atoms with Gasteiger partial charge in [-0.1, -0.05) is 24.6 Å². The van der Waals surface area contributed by atoms with Gasteiger partial charge in [-0.15, -0.1) is 11.8 Å². The highest BCUT2D eigenvalue weighted by Crippen LogP contribution is 2.28. The molecule has 112 valence electrons. The van der Waals surface area contributed by atoms with Gasteiger partial charge in [0.25, 0.3) is 0 Å². The molecule has 0 saturated carbocycles. The number of thioether (sulfide) groups is 1. The molecule has 0 spiro atoms. The van der Waals surface area contributed by atoms with Gasteiger partial charge in [0, 0.05) is 16.8 Å². The Balaban J connectivity index is 2.10. The van der Waals surface area contributed by atoms with Crippen molar-refractivity contribution in [3.63, 3.8) is 0 Å². The normalized spacial score (nSPS) is 12.1. The lowest BCUT2D eigenvalue weighted by Crippen LogP contribution is -2.24. The molecular weight excluding hydrogens is 280 g/mol. The molecule has 1 atom stereocenters. The minimum absolute atomic E-state index is 0.178. The second kappa shape index (κ2) is 8.05. The molecule has 1 heterocycles. The first-order valence-electron chi connectivity index (χ1n) is 7.16. The standard InChI is InChI=1S/C17H22N2OS/c1-4-18-15(17-16(20-3)6-5-11-19-17)12-21-14-9-7-13(2)8-10-14/h5-11,15,18H,4,12H2,1-3H3. The topological polar surface area (TPSA) is 34.2 Å². The number of ether oxygens (including phenoxy) is 1. The third-order valence-corrected chi connectivity index (χ3v) is 4.34. The predicted molar refractivity (Wildman–Crippen MR) is 89.1 cm³/mol. The number of nitrogens with zero attached hydrogens (tertiary/aromatic N) is 1. The highest BCUT2D eigenvalue weighted by atomic mass is 32.2. The van der Waals surface area contributed by atoms with E-state index in [1.54, 1.807) is 7.11 Å². The number of nitrogens with one attached hydrogen (secondary N) is 1. The van der Waals surface area contributed by atoms with E-state index in [2.05, 4.69) is 48.4 Å². The number of hydrogen-bond donors (Lipinski definition) is 1. The first kappa shape index (κ1) is 15.9. The molecule has 0 amide bonds. The molecule has 1 aromatic carbocycles. The van der Waals surface area contributed by atoms with Gasteiger partial charge in [-0.05, 0) is 37.7 Å². The summed E-state index contributed by atoms with van der Waals surface area (Å²) in [6, 6.07) is 12.7. The first-order valence-corrected chi connectivity index (χ1v) is 8.15. The number of hydrogen-bond acceptors (Lipinski definition) is 4. The zero-order valence-electron chi connectivity index (χ0n) is 12.8. The molecule has 21 heavy (non-hydrogen) atoms.